The van der Waals surface area contributed by atoms with Crippen LogP contribution >= 0.6 is 11.6 Å². The number of rotatable bonds is 3. The number of hydrogen-bond acceptors (Lipinski definition) is 7. The maximum absolute atomic E-state index is 10.1. The van der Waals surface area contributed by atoms with E-state index in [1.165, 1.54) is 5.56 Å². The molecule has 0 aromatic carbocycles. The van der Waals surface area contributed by atoms with Crippen molar-refractivity contribution < 1.29 is 5.11 Å². The number of nitrogens with two attached hydrogens (primary N) is 1. The molecule has 0 bridgehead atoms. The third-order valence-corrected chi connectivity index (χ3v) is 7.31. The molecule has 0 radical (unpaired) electrons. The van der Waals surface area contributed by atoms with Crippen LogP contribution < -0.4 is 10.6 Å². The molecule has 1 aliphatic carbocycles. The molecule has 32 heavy (non-hydrogen) atoms. The van der Waals surface area contributed by atoms with Crippen molar-refractivity contribution in [2.24, 2.45) is 11.1 Å². The lowest BCUT2D eigenvalue weighted by Crippen LogP contribution is -2.45. The van der Waals surface area contributed by atoms with Gasteiger partial charge in [-0.25, -0.2) is 9.97 Å². The van der Waals surface area contributed by atoms with Crippen LogP contribution in [0, 0.1) is 19.3 Å². The molecule has 0 unspecified atom stereocenters. The lowest BCUT2D eigenvalue weighted by molar-refractivity contribution is 0.186. The van der Waals surface area contributed by atoms with E-state index in [1.54, 1.807) is 12.4 Å². The maximum atomic E-state index is 10.1. The van der Waals surface area contributed by atoms with Gasteiger partial charge in [0.15, 0.2) is 5.82 Å². The summed E-state index contributed by atoms with van der Waals surface area (Å²) in [7, 11) is 0. The molecule has 1 fully saturated rings. The van der Waals surface area contributed by atoms with Crippen molar-refractivity contribution in [1.82, 2.24) is 19.9 Å². The normalized spacial score (nSPS) is 19.4. The first-order valence-corrected chi connectivity index (χ1v) is 11.3. The highest BCUT2D eigenvalue weighted by atomic mass is 35.5. The van der Waals surface area contributed by atoms with E-state index in [0.717, 1.165) is 60.7 Å². The van der Waals surface area contributed by atoms with Gasteiger partial charge >= 0.3 is 0 Å². The monoisotopic (exact) mass is 450 g/mol. The molecule has 8 heteroatoms. The van der Waals surface area contributed by atoms with E-state index < -0.39 is 0 Å². The Morgan fingerprint density at radius 3 is 2.72 bits per heavy atom. The van der Waals surface area contributed by atoms with E-state index in [9.17, 15) is 5.11 Å². The second-order valence-electron chi connectivity index (χ2n) is 8.99. The van der Waals surface area contributed by atoms with Gasteiger partial charge in [-0.1, -0.05) is 17.7 Å². The fourth-order valence-electron chi connectivity index (χ4n) is 5.19. The lowest BCUT2D eigenvalue weighted by atomic mass is 9.73. The van der Waals surface area contributed by atoms with Gasteiger partial charge in [-0.3, -0.25) is 9.97 Å². The van der Waals surface area contributed by atoms with Crippen molar-refractivity contribution in [2.75, 3.05) is 18.0 Å². The van der Waals surface area contributed by atoms with Crippen LogP contribution in [-0.4, -0.2) is 38.1 Å². The summed E-state index contributed by atoms with van der Waals surface area (Å²) in [6, 6.07) is 4.02. The minimum Gasteiger partial charge on any atom is -0.390 e. The summed E-state index contributed by atoms with van der Waals surface area (Å²) in [5, 5.41) is 10.6. The Hall–Kier alpha value is -2.61. The fourth-order valence-corrected chi connectivity index (χ4v) is 5.39. The number of anilines is 1. The molecule has 1 spiro atoms. The largest absolute Gasteiger partial charge is 0.390 e. The van der Waals surface area contributed by atoms with Crippen molar-refractivity contribution in [2.45, 2.75) is 45.8 Å². The van der Waals surface area contributed by atoms with Gasteiger partial charge in [0.1, 0.15) is 5.69 Å². The minimum absolute atomic E-state index is 0.00777. The number of nitrogens with zero attached hydrogens (tertiary/aromatic N) is 5. The van der Waals surface area contributed by atoms with Crippen LogP contribution in [0.4, 0.5) is 5.82 Å². The van der Waals surface area contributed by atoms with Crippen LogP contribution in [0.1, 0.15) is 47.1 Å². The summed E-state index contributed by atoms with van der Waals surface area (Å²) < 4.78 is 0. The van der Waals surface area contributed by atoms with Crippen LogP contribution in [0.15, 0.2) is 30.7 Å². The van der Waals surface area contributed by atoms with Gasteiger partial charge in [0.2, 0.25) is 0 Å². The second-order valence-corrected chi connectivity index (χ2v) is 9.40. The lowest BCUT2D eigenvalue weighted by Gasteiger charge is -2.42. The summed E-state index contributed by atoms with van der Waals surface area (Å²) in [5.74, 6) is 0.742. The first-order chi connectivity index (χ1) is 15.4. The number of aryl methyl sites for hydroxylation is 2. The van der Waals surface area contributed by atoms with Gasteiger partial charge < -0.3 is 15.7 Å². The van der Waals surface area contributed by atoms with E-state index in [2.05, 4.69) is 27.9 Å². The van der Waals surface area contributed by atoms with Crippen LogP contribution in [0.25, 0.3) is 11.3 Å². The number of halogens is 1. The molecule has 166 valence electrons. The molecule has 2 aliphatic rings. The highest BCUT2D eigenvalue weighted by Gasteiger charge is 2.47. The smallest absolute Gasteiger partial charge is 0.153 e. The Morgan fingerprint density at radius 1 is 1.22 bits per heavy atom. The average molecular weight is 451 g/mol. The third kappa shape index (κ3) is 3.45. The number of aliphatic hydroxyl groups is 1. The molecule has 1 atom stereocenters. The van der Waals surface area contributed by atoms with E-state index in [1.807, 2.05) is 19.2 Å². The molecule has 7 nitrogen and oxygen atoms in total. The summed E-state index contributed by atoms with van der Waals surface area (Å²) >= 11 is 6.33. The topological polar surface area (TPSA) is 101 Å². The fraction of sp³-hybridized carbons (Fsp3) is 0.417. The van der Waals surface area contributed by atoms with Crippen LogP contribution in [0.5, 0.6) is 0 Å². The Labute approximate surface area is 192 Å². The van der Waals surface area contributed by atoms with Crippen molar-refractivity contribution in [3.8, 4) is 11.3 Å². The van der Waals surface area contributed by atoms with Gasteiger partial charge in [0.25, 0.3) is 0 Å². The Bertz CT molecular complexity index is 1180. The molecule has 0 saturated carbocycles. The maximum Gasteiger partial charge on any atom is 0.153 e. The predicted molar refractivity (Wildman–Crippen MR) is 124 cm³/mol. The van der Waals surface area contributed by atoms with Gasteiger partial charge in [0, 0.05) is 49.0 Å². The standard InChI is InChI=1S/C24H27ClN6O/c1-14-9-17-19(28-11-14)10-24(22(17)26)4-7-31(8-5-24)23-20(13-32)30-21(15(2)29-23)16-3-6-27-12-18(16)25/h3,6,9,11-12,22,32H,4-5,7-8,10,13,26H2,1-2H3/t22-/m0/s1. The van der Waals surface area contributed by atoms with Crippen molar-refractivity contribution in [3.63, 3.8) is 0 Å². The predicted octanol–water partition coefficient (Wildman–Crippen LogP) is 3.54. The summed E-state index contributed by atoms with van der Waals surface area (Å²) in [5.41, 5.74) is 13.0. The van der Waals surface area contributed by atoms with Crippen molar-refractivity contribution in [1.29, 1.82) is 0 Å². The zero-order valence-corrected chi connectivity index (χ0v) is 19.1. The molecule has 3 N–H and O–H groups in total. The summed E-state index contributed by atoms with van der Waals surface area (Å²) in [4.78, 5) is 20.5. The Morgan fingerprint density at radius 2 is 2.00 bits per heavy atom. The van der Waals surface area contributed by atoms with E-state index in [-0.39, 0.29) is 18.1 Å². The number of aliphatic hydroxyl groups excluding tert-OH is 1. The number of hydrogen-bond donors (Lipinski definition) is 2. The quantitative estimate of drug-likeness (QED) is 0.629. The first-order valence-electron chi connectivity index (χ1n) is 11.0. The summed E-state index contributed by atoms with van der Waals surface area (Å²) in [6.07, 6.45) is 8.03. The first kappa shape index (κ1) is 21.2. The SMILES string of the molecule is Cc1cnc2c(c1)[C@H](N)C1(CCN(c3nc(C)c(-c4ccncc4Cl)nc3CO)CC1)C2. The van der Waals surface area contributed by atoms with E-state index in [4.69, 9.17) is 27.3 Å². The van der Waals surface area contributed by atoms with Crippen LogP contribution in [0.2, 0.25) is 5.02 Å². The average Bonchev–Trinajstić information content (AvgIpc) is 3.06. The molecule has 1 saturated heterocycles. The Balaban J connectivity index is 1.41. The molecule has 5 rings (SSSR count). The van der Waals surface area contributed by atoms with Gasteiger partial charge in [-0.05, 0) is 55.7 Å². The van der Waals surface area contributed by atoms with Gasteiger partial charge in [-0.15, -0.1) is 0 Å². The third-order valence-electron chi connectivity index (χ3n) is 7.01. The molecular weight excluding hydrogens is 424 g/mol. The zero-order valence-electron chi connectivity index (χ0n) is 18.3. The Kier molecular flexibility index (Phi) is 5.35. The highest BCUT2D eigenvalue weighted by Crippen LogP contribution is 2.50. The molecule has 1 aliphatic heterocycles. The number of piperidine rings is 1. The van der Waals surface area contributed by atoms with Crippen molar-refractivity contribution in [3.05, 3.63) is 64.0 Å². The number of aromatic nitrogens is 4. The second kappa shape index (κ2) is 8.06. The van der Waals surface area contributed by atoms with E-state index >= 15 is 0 Å². The van der Waals surface area contributed by atoms with Crippen LogP contribution in [-0.2, 0) is 13.0 Å². The molecule has 3 aromatic heterocycles. The van der Waals surface area contributed by atoms with E-state index in [0.29, 0.717) is 16.4 Å². The highest BCUT2D eigenvalue weighted by molar-refractivity contribution is 6.33. The van der Waals surface area contributed by atoms with Crippen molar-refractivity contribution >= 4 is 17.4 Å². The van der Waals surface area contributed by atoms with Gasteiger partial charge in [0.05, 0.1) is 23.0 Å². The number of fused-ring (bicyclic) bond motifs is 1. The van der Waals surface area contributed by atoms with Gasteiger partial charge in [-0.2, -0.15) is 0 Å². The molecule has 3 aromatic rings. The molecule has 4 heterocycles. The number of pyridine rings is 2. The van der Waals surface area contributed by atoms with Crippen LogP contribution in [0.3, 0.4) is 0 Å². The molecular formula is C24H27ClN6O. The molecule has 0 amide bonds. The minimum atomic E-state index is -0.186. The zero-order chi connectivity index (χ0) is 22.5. The summed E-state index contributed by atoms with van der Waals surface area (Å²) in [6.45, 7) is 5.43.